The van der Waals surface area contributed by atoms with E-state index in [1.807, 2.05) is 30.5 Å². The first kappa shape index (κ1) is 18.4. The summed E-state index contributed by atoms with van der Waals surface area (Å²) in [7, 11) is 0. The van der Waals surface area contributed by atoms with E-state index in [9.17, 15) is 9.59 Å². The molecule has 2 aromatic heterocycles. The predicted octanol–water partition coefficient (Wildman–Crippen LogP) is 4.31. The van der Waals surface area contributed by atoms with Crippen LogP contribution < -0.4 is 10.9 Å². The van der Waals surface area contributed by atoms with Crippen LogP contribution in [0.5, 0.6) is 0 Å². The molecule has 1 amide bonds. The Kier molecular flexibility index (Phi) is 4.98. The van der Waals surface area contributed by atoms with E-state index in [2.05, 4.69) is 10.4 Å². The minimum Gasteiger partial charge on any atom is -0.324 e. The minimum absolute atomic E-state index is 0.340. The number of aryl methyl sites for hydroxylation is 1. The maximum absolute atomic E-state index is 12.9. The fourth-order valence-corrected chi connectivity index (χ4v) is 3.33. The van der Waals surface area contributed by atoms with Gasteiger partial charge in [0.15, 0.2) is 0 Å². The Bertz CT molecular complexity index is 1010. The van der Waals surface area contributed by atoms with Gasteiger partial charge in [-0.2, -0.15) is 5.10 Å². The van der Waals surface area contributed by atoms with Gasteiger partial charge in [-0.25, -0.2) is 4.68 Å². The van der Waals surface area contributed by atoms with Gasteiger partial charge in [-0.3, -0.25) is 9.59 Å². The van der Waals surface area contributed by atoms with Crippen molar-refractivity contribution in [2.24, 2.45) is 0 Å². The van der Waals surface area contributed by atoms with Crippen LogP contribution in [0, 0.1) is 6.92 Å². The molecule has 1 aromatic carbocycles. The summed E-state index contributed by atoms with van der Waals surface area (Å²) >= 11 is 7.54. The van der Waals surface area contributed by atoms with Gasteiger partial charge < -0.3 is 5.32 Å². The molecule has 0 bridgehead atoms. The smallest absolute Gasteiger partial charge is 0.267 e. The fourth-order valence-electron chi connectivity index (χ4n) is 2.47. The lowest BCUT2D eigenvalue weighted by atomic mass is 10.0. The summed E-state index contributed by atoms with van der Waals surface area (Å²) < 4.78 is 1.22. The van der Waals surface area contributed by atoms with E-state index in [0.717, 1.165) is 10.4 Å². The summed E-state index contributed by atoms with van der Waals surface area (Å²) in [6.07, 6.45) is 0. The number of halogens is 1. The van der Waals surface area contributed by atoms with Gasteiger partial charge in [0, 0.05) is 16.8 Å². The predicted molar refractivity (Wildman–Crippen MR) is 106 cm³/mol. The molecule has 0 radical (unpaired) electrons. The topological polar surface area (TPSA) is 64.0 Å². The van der Waals surface area contributed by atoms with Gasteiger partial charge in [0.05, 0.1) is 4.88 Å². The number of carbonyl (C=O) groups excluding carboxylic acids is 1. The average Bonchev–Trinajstić information content (AvgIpc) is 3.13. The van der Waals surface area contributed by atoms with E-state index in [1.54, 1.807) is 32.0 Å². The second-order valence-corrected chi connectivity index (χ2v) is 7.80. The Morgan fingerprint density at radius 3 is 2.69 bits per heavy atom. The van der Waals surface area contributed by atoms with Crippen molar-refractivity contribution in [2.75, 3.05) is 5.32 Å². The Balaban J connectivity index is 1.96. The average molecular weight is 388 g/mol. The zero-order chi connectivity index (χ0) is 18.9. The molecule has 5 nitrogen and oxygen atoms in total. The van der Waals surface area contributed by atoms with Crippen molar-refractivity contribution >= 4 is 34.5 Å². The molecule has 0 atom stereocenters. The highest BCUT2D eigenvalue weighted by Gasteiger charge is 2.32. The number of rotatable bonds is 4. The third kappa shape index (κ3) is 3.57. The van der Waals surface area contributed by atoms with Gasteiger partial charge >= 0.3 is 0 Å². The molecule has 0 aliphatic carbocycles. The first-order valence-corrected chi connectivity index (χ1v) is 9.27. The van der Waals surface area contributed by atoms with E-state index in [4.69, 9.17) is 11.6 Å². The molecule has 26 heavy (non-hydrogen) atoms. The normalized spacial score (nSPS) is 11.4. The highest BCUT2D eigenvalue weighted by molar-refractivity contribution is 7.13. The van der Waals surface area contributed by atoms with Crippen LogP contribution in [0.4, 0.5) is 5.69 Å². The van der Waals surface area contributed by atoms with Crippen LogP contribution in [0.2, 0.25) is 5.02 Å². The van der Waals surface area contributed by atoms with Crippen LogP contribution in [0.15, 0.2) is 52.6 Å². The molecule has 134 valence electrons. The van der Waals surface area contributed by atoms with Crippen LogP contribution in [0.25, 0.3) is 10.6 Å². The van der Waals surface area contributed by atoms with Gasteiger partial charge in [-0.15, -0.1) is 11.3 Å². The molecule has 0 saturated carbocycles. The third-order valence-corrected chi connectivity index (χ3v) is 5.23. The number of hydrogen-bond acceptors (Lipinski definition) is 4. The van der Waals surface area contributed by atoms with E-state index in [1.165, 1.54) is 22.1 Å². The van der Waals surface area contributed by atoms with Crippen molar-refractivity contribution in [3.8, 4) is 10.6 Å². The maximum Gasteiger partial charge on any atom is 0.267 e. The number of hydrogen-bond donors (Lipinski definition) is 1. The fraction of sp³-hybridized carbons (Fsp3) is 0.211. The Morgan fingerprint density at radius 1 is 1.23 bits per heavy atom. The van der Waals surface area contributed by atoms with Crippen LogP contribution in [0.1, 0.15) is 19.4 Å². The van der Waals surface area contributed by atoms with Gasteiger partial charge in [-0.05, 0) is 56.0 Å². The van der Waals surface area contributed by atoms with Gasteiger partial charge in [-0.1, -0.05) is 23.7 Å². The highest BCUT2D eigenvalue weighted by atomic mass is 35.5. The Morgan fingerprint density at radius 2 is 2.00 bits per heavy atom. The van der Waals surface area contributed by atoms with Gasteiger partial charge in [0.25, 0.3) is 11.5 Å². The van der Waals surface area contributed by atoms with Crippen molar-refractivity contribution in [1.82, 2.24) is 9.78 Å². The van der Waals surface area contributed by atoms with Crippen molar-refractivity contribution in [3.63, 3.8) is 0 Å². The van der Waals surface area contributed by atoms with Gasteiger partial charge in [0.1, 0.15) is 11.2 Å². The van der Waals surface area contributed by atoms with E-state index >= 15 is 0 Å². The molecule has 3 aromatic rings. The van der Waals surface area contributed by atoms with E-state index in [0.29, 0.717) is 16.4 Å². The summed E-state index contributed by atoms with van der Waals surface area (Å²) in [5.74, 6) is -0.346. The monoisotopic (exact) mass is 387 g/mol. The van der Waals surface area contributed by atoms with Crippen molar-refractivity contribution in [3.05, 3.63) is 68.8 Å². The summed E-state index contributed by atoms with van der Waals surface area (Å²) in [5, 5.41) is 9.73. The second-order valence-electron chi connectivity index (χ2n) is 6.42. The molecule has 0 unspecified atom stereocenters. The molecule has 0 spiro atoms. The largest absolute Gasteiger partial charge is 0.324 e. The van der Waals surface area contributed by atoms with Crippen molar-refractivity contribution in [2.45, 2.75) is 26.3 Å². The molecule has 0 aliphatic rings. The lowest BCUT2D eigenvalue weighted by molar-refractivity contribution is -0.123. The molecule has 0 saturated heterocycles. The second kappa shape index (κ2) is 7.05. The summed E-state index contributed by atoms with van der Waals surface area (Å²) in [6.45, 7) is 5.20. The number of aromatic nitrogens is 2. The first-order valence-electron chi connectivity index (χ1n) is 8.01. The minimum atomic E-state index is -1.18. The molecular weight excluding hydrogens is 370 g/mol. The van der Waals surface area contributed by atoms with Crippen LogP contribution in [-0.2, 0) is 10.3 Å². The molecule has 3 rings (SSSR count). The number of thiophene rings is 1. The van der Waals surface area contributed by atoms with Gasteiger partial charge in [0.2, 0.25) is 0 Å². The van der Waals surface area contributed by atoms with E-state index < -0.39 is 5.54 Å². The summed E-state index contributed by atoms with van der Waals surface area (Å²) in [6, 6.07) is 12.2. The van der Waals surface area contributed by atoms with Crippen molar-refractivity contribution < 1.29 is 4.79 Å². The molecule has 0 fully saturated rings. The summed E-state index contributed by atoms with van der Waals surface area (Å²) in [4.78, 5) is 26.2. The third-order valence-electron chi connectivity index (χ3n) is 4.11. The zero-order valence-electron chi connectivity index (χ0n) is 14.6. The lowest BCUT2D eigenvalue weighted by Crippen LogP contribution is -2.47. The van der Waals surface area contributed by atoms with E-state index in [-0.39, 0.29) is 11.5 Å². The van der Waals surface area contributed by atoms with Crippen LogP contribution in [0.3, 0.4) is 0 Å². The van der Waals surface area contributed by atoms with Crippen LogP contribution in [-0.4, -0.2) is 15.7 Å². The Hall–Kier alpha value is -2.44. The molecule has 1 N–H and O–H groups in total. The number of benzene rings is 1. The van der Waals surface area contributed by atoms with Crippen molar-refractivity contribution in [1.29, 1.82) is 0 Å². The van der Waals surface area contributed by atoms with Crippen LogP contribution >= 0.6 is 22.9 Å². The maximum atomic E-state index is 12.9. The standard InChI is InChI=1S/C19H18ClN3O2S/c1-12-6-7-13(20)11-15(12)21-18(25)19(2,3)23-17(24)9-8-14(22-23)16-5-4-10-26-16/h4-11H,1-3H3,(H,21,25). The molecule has 0 aliphatic heterocycles. The molecular formula is C19H18ClN3O2S. The quantitative estimate of drug-likeness (QED) is 0.725. The number of nitrogens with one attached hydrogen (secondary N) is 1. The number of anilines is 1. The Labute approximate surface area is 160 Å². The zero-order valence-corrected chi connectivity index (χ0v) is 16.2. The summed E-state index contributed by atoms with van der Waals surface area (Å²) in [5.41, 5.74) is 0.621. The molecule has 2 heterocycles. The first-order chi connectivity index (χ1) is 12.3. The highest BCUT2D eigenvalue weighted by Crippen LogP contribution is 2.25. The lowest BCUT2D eigenvalue weighted by Gasteiger charge is -2.25. The molecule has 7 heteroatoms. The number of carbonyl (C=O) groups is 1. The SMILES string of the molecule is Cc1ccc(Cl)cc1NC(=O)C(C)(C)n1nc(-c2cccs2)ccc1=O. The number of nitrogens with zero attached hydrogens (tertiary/aromatic N) is 2. The number of amides is 1.